The van der Waals surface area contributed by atoms with Crippen LogP contribution < -0.4 is 16.4 Å². The van der Waals surface area contributed by atoms with Crippen molar-refractivity contribution in [3.05, 3.63) is 0 Å². The predicted octanol–water partition coefficient (Wildman–Crippen LogP) is 3.41. The molecule has 5 rings (SSSR count). The molecule has 6 heteroatoms. The van der Waals surface area contributed by atoms with Gasteiger partial charge in [-0.1, -0.05) is 31.1 Å². The molecule has 5 atom stereocenters. The third-order valence-electron chi connectivity index (χ3n) is 9.33. The summed E-state index contributed by atoms with van der Waals surface area (Å²) >= 11 is 0. The Morgan fingerprint density at radius 3 is 2.26 bits per heavy atom. The van der Waals surface area contributed by atoms with Gasteiger partial charge in [0.1, 0.15) is 0 Å². The average Bonchev–Trinajstić information content (AvgIpc) is 3.20. The lowest BCUT2D eigenvalue weighted by molar-refractivity contribution is -0.0565. The van der Waals surface area contributed by atoms with Crippen LogP contribution in [0.15, 0.2) is 0 Å². The molecular weight excluding hydrogens is 424 g/mol. The van der Waals surface area contributed by atoms with Crippen LogP contribution in [0.1, 0.15) is 84.5 Å². The standard InChI is InChI=1S/C28H48N4O2/c1-19(2)32-24(13-8-20-14-16-33-17-15-20)25(26-27(29)30-18-31-28(26)32)21-9-11-23(12-10-21)34-22-6-4-3-5-7-22/h19-28,30-31H,3-7,9-12,14-18,29H2,1-2H3. The van der Waals surface area contributed by atoms with E-state index in [1.54, 1.807) is 0 Å². The summed E-state index contributed by atoms with van der Waals surface area (Å²) < 4.78 is 12.2. The van der Waals surface area contributed by atoms with E-state index in [0.717, 1.165) is 32.7 Å². The molecule has 4 N–H and O–H groups in total. The molecule has 0 radical (unpaired) electrons. The Balaban J connectivity index is 1.32. The highest BCUT2D eigenvalue weighted by Gasteiger charge is 2.55. The quantitative estimate of drug-likeness (QED) is 0.545. The number of hydrogen-bond donors (Lipinski definition) is 3. The van der Waals surface area contributed by atoms with Gasteiger partial charge in [0.25, 0.3) is 0 Å². The molecule has 2 aliphatic carbocycles. The molecule has 34 heavy (non-hydrogen) atoms. The van der Waals surface area contributed by atoms with Crippen LogP contribution in [-0.2, 0) is 9.47 Å². The van der Waals surface area contributed by atoms with Crippen LogP contribution >= 0.6 is 0 Å². The zero-order valence-corrected chi connectivity index (χ0v) is 21.5. The van der Waals surface area contributed by atoms with Gasteiger partial charge >= 0.3 is 0 Å². The molecule has 3 aliphatic heterocycles. The second-order valence-electron chi connectivity index (χ2n) is 11.8. The largest absolute Gasteiger partial charge is 0.381 e. The van der Waals surface area contributed by atoms with Crippen LogP contribution in [0.2, 0.25) is 0 Å². The normalized spacial score (nSPS) is 40.6. The minimum atomic E-state index is 0.0311. The van der Waals surface area contributed by atoms with E-state index in [9.17, 15) is 0 Å². The van der Waals surface area contributed by atoms with Gasteiger partial charge in [0, 0.05) is 37.8 Å². The van der Waals surface area contributed by atoms with E-state index in [0.29, 0.717) is 48.1 Å². The van der Waals surface area contributed by atoms with Crippen molar-refractivity contribution in [2.45, 2.75) is 121 Å². The molecule has 2 saturated carbocycles. The van der Waals surface area contributed by atoms with E-state index in [4.69, 9.17) is 15.2 Å². The smallest absolute Gasteiger partial charge is 0.0765 e. The molecule has 6 nitrogen and oxygen atoms in total. The lowest BCUT2D eigenvalue weighted by Gasteiger charge is -2.41. The van der Waals surface area contributed by atoms with E-state index in [2.05, 4.69) is 41.2 Å². The Morgan fingerprint density at radius 1 is 0.853 bits per heavy atom. The van der Waals surface area contributed by atoms with Crippen molar-refractivity contribution in [1.29, 1.82) is 0 Å². The molecule has 5 aliphatic rings. The van der Waals surface area contributed by atoms with Gasteiger partial charge in [0.15, 0.2) is 0 Å². The number of hydrogen-bond acceptors (Lipinski definition) is 6. The van der Waals surface area contributed by atoms with E-state index < -0.39 is 0 Å². The summed E-state index contributed by atoms with van der Waals surface area (Å²) in [6.07, 6.45) is 15.0. The fourth-order valence-corrected chi connectivity index (χ4v) is 7.60. The first-order chi connectivity index (χ1) is 16.6. The van der Waals surface area contributed by atoms with Crippen molar-refractivity contribution < 1.29 is 9.47 Å². The highest BCUT2D eigenvalue weighted by molar-refractivity contribution is 5.20. The van der Waals surface area contributed by atoms with Crippen molar-refractivity contribution in [3.8, 4) is 11.8 Å². The van der Waals surface area contributed by atoms with Gasteiger partial charge < -0.3 is 15.2 Å². The molecule has 5 fully saturated rings. The first-order valence-corrected chi connectivity index (χ1v) is 14.4. The zero-order valence-electron chi connectivity index (χ0n) is 21.5. The summed E-state index contributed by atoms with van der Waals surface area (Å²) in [5, 5.41) is 7.29. The molecular formula is C28H48N4O2. The molecule has 192 valence electrons. The number of likely N-dealkylation sites (tertiary alicyclic amines) is 1. The summed E-state index contributed by atoms with van der Waals surface area (Å²) in [5.41, 5.74) is 6.76. The molecule has 0 spiro atoms. The second kappa shape index (κ2) is 11.6. The number of fused-ring (bicyclic) bond motifs is 1. The van der Waals surface area contributed by atoms with Crippen molar-refractivity contribution in [2.75, 3.05) is 19.9 Å². The first kappa shape index (κ1) is 25.0. The fourth-order valence-electron chi connectivity index (χ4n) is 7.60. The van der Waals surface area contributed by atoms with Gasteiger partial charge in [-0.25, -0.2) is 0 Å². The molecule has 3 heterocycles. The molecule has 3 saturated heterocycles. The van der Waals surface area contributed by atoms with Crippen molar-refractivity contribution in [2.24, 2.45) is 29.4 Å². The van der Waals surface area contributed by atoms with Crippen molar-refractivity contribution in [1.82, 2.24) is 15.5 Å². The molecule has 0 aromatic rings. The van der Waals surface area contributed by atoms with E-state index in [1.807, 2.05) is 0 Å². The minimum Gasteiger partial charge on any atom is -0.381 e. The molecule has 0 bridgehead atoms. The Morgan fingerprint density at radius 2 is 1.56 bits per heavy atom. The second-order valence-corrected chi connectivity index (χ2v) is 11.8. The number of nitrogens with zero attached hydrogens (tertiary/aromatic N) is 1. The monoisotopic (exact) mass is 472 g/mol. The van der Waals surface area contributed by atoms with E-state index in [-0.39, 0.29) is 12.2 Å². The maximum absolute atomic E-state index is 6.76. The maximum Gasteiger partial charge on any atom is 0.0765 e. The SMILES string of the molecule is CC(C)N1C(C#CC2CCOCC2)C(C2CCC(OC3CCCCC3)CC2)C2C(N)NCNC21. The van der Waals surface area contributed by atoms with E-state index in [1.165, 1.54) is 57.8 Å². The van der Waals surface area contributed by atoms with Crippen LogP contribution in [0.25, 0.3) is 0 Å². The maximum atomic E-state index is 6.76. The van der Waals surface area contributed by atoms with Crippen molar-refractivity contribution >= 4 is 0 Å². The van der Waals surface area contributed by atoms with Crippen LogP contribution in [-0.4, -0.2) is 61.4 Å². The molecule has 0 aromatic carbocycles. The van der Waals surface area contributed by atoms with Crippen LogP contribution in [0.4, 0.5) is 0 Å². The minimum absolute atomic E-state index is 0.0311. The lowest BCUT2D eigenvalue weighted by Crippen LogP contribution is -2.64. The Kier molecular flexibility index (Phi) is 8.51. The topological polar surface area (TPSA) is 71.8 Å². The zero-order chi connectivity index (χ0) is 23.5. The highest BCUT2D eigenvalue weighted by Crippen LogP contribution is 2.47. The van der Waals surface area contributed by atoms with Gasteiger partial charge in [-0.3, -0.25) is 15.5 Å². The Hall–Kier alpha value is -0.680. The number of nitrogens with one attached hydrogen (secondary N) is 2. The first-order valence-electron chi connectivity index (χ1n) is 14.4. The van der Waals surface area contributed by atoms with Crippen molar-refractivity contribution in [3.63, 3.8) is 0 Å². The predicted molar refractivity (Wildman–Crippen MR) is 136 cm³/mol. The molecule has 0 aromatic heterocycles. The van der Waals surface area contributed by atoms with Crippen LogP contribution in [0, 0.1) is 35.5 Å². The van der Waals surface area contributed by atoms with Crippen LogP contribution in [0.5, 0.6) is 0 Å². The highest BCUT2D eigenvalue weighted by atomic mass is 16.5. The van der Waals surface area contributed by atoms with Gasteiger partial charge in [-0.05, 0) is 77.0 Å². The lowest BCUT2D eigenvalue weighted by atomic mass is 9.70. The van der Waals surface area contributed by atoms with Crippen LogP contribution in [0.3, 0.4) is 0 Å². The number of rotatable bonds is 4. The third kappa shape index (κ3) is 5.51. The summed E-state index contributed by atoms with van der Waals surface area (Å²) in [6.45, 7) is 7.14. The Bertz CT molecular complexity index is 701. The Labute approximate surface area is 207 Å². The third-order valence-corrected chi connectivity index (χ3v) is 9.33. The van der Waals surface area contributed by atoms with Gasteiger partial charge in [0.05, 0.1) is 30.6 Å². The summed E-state index contributed by atoms with van der Waals surface area (Å²) in [4.78, 5) is 2.66. The number of ether oxygens (including phenoxy) is 2. The summed E-state index contributed by atoms with van der Waals surface area (Å²) in [7, 11) is 0. The molecule has 0 amide bonds. The average molecular weight is 473 g/mol. The summed E-state index contributed by atoms with van der Waals surface area (Å²) in [5.74, 6) is 9.62. The van der Waals surface area contributed by atoms with Gasteiger partial charge in [-0.15, -0.1) is 0 Å². The fraction of sp³-hybridized carbons (Fsp3) is 0.929. The van der Waals surface area contributed by atoms with Gasteiger partial charge in [-0.2, -0.15) is 0 Å². The van der Waals surface area contributed by atoms with E-state index >= 15 is 0 Å². The molecule has 5 unspecified atom stereocenters. The van der Waals surface area contributed by atoms with Gasteiger partial charge in [0.2, 0.25) is 0 Å². The number of nitrogens with two attached hydrogens (primary N) is 1. The summed E-state index contributed by atoms with van der Waals surface area (Å²) in [6, 6.07) is 0.715.